The van der Waals surface area contributed by atoms with E-state index in [4.69, 9.17) is 10.8 Å². The van der Waals surface area contributed by atoms with E-state index in [1.165, 1.54) is 6.26 Å². The molecule has 1 N–H and O–H groups in total. The van der Waals surface area contributed by atoms with Crippen LogP contribution in [0.5, 0.6) is 0 Å². The molecule has 1 rings (SSSR count). The molecule has 3 heteroatoms. The van der Waals surface area contributed by atoms with Gasteiger partial charge >= 0.3 is 0 Å². The van der Waals surface area contributed by atoms with Gasteiger partial charge in [0, 0.05) is 0 Å². The van der Waals surface area contributed by atoms with Crippen molar-refractivity contribution in [1.82, 2.24) is 5.32 Å². The van der Waals surface area contributed by atoms with Crippen LogP contribution in [0.1, 0.15) is 30.3 Å². The number of rotatable bonds is 4. The molecular formula is C11H13NO2. The number of nitrogens with one attached hydrogen (secondary N) is 1. The Bertz CT molecular complexity index is 322. The van der Waals surface area contributed by atoms with Crippen LogP contribution in [0.15, 0.2) is 22.8 Å². The minimum atomic E-state index is -0.258. The molecule has 1 atom stereocenters. The lowest BCUT2D eigenvalue weighted by Gasteiger charge is -2.10. The molecule has 0 spiro atoms. The average Bonchev–Trinajstić information content (AvgIpc) is 2.69. The Morgan fingerprint density at radius 3 is 3.07 bits per heavy atom. The molecule has 1 aromatic rings. The summed E-state index contributed by atoms with van der Waals surface area (Å²) in [5.41, 5.74) is 0. The summed E-state index contributed by atoms with van der Waals surface area (Å²) >= 11 is 0. The summed E-state index contributed by atoms with van der Waals surface area (Å²) < 4.78 is 4.94. The first-order valence-corrected chi connectivity index (χ1v) is 4.58. The standard InChI is InChI=1S/C11H13NO2/c1-3-6-9(4-2)12-11(13)10-7-5-8-14-10/h2,5,7-9H,3,6H2,1H3,(H,12,13). The van der Waals surface area contributed by atoms with Crippen molar-refractivity contribution in [2.45, 2.75) is 25.8 Å². The number of hydrogen-bond donors (Lipinski definition) is 1. The van der Waals surface area contributed by atoms with Crippen molar-refractivity contribution in [3.8, 4) is 12.3 Å². The largest absolute Gasteiger partial charge is 0.459 e. The quantitative estimate of drug-likeness (QED) is 0.737. The van der Waals surface area contributed by atoms with E-state index in [0.717, 1.165) is 12.8 Å². The van der Waals surface area contributed by atoms with Crippen LogP contribution in [0.4, 0.5) is 0 Å². The van der Waals surface area contributed by atoms with Gasteiger partial charge in [0.15, 0.2) is 5.76 Å². The van der Waals surface area contributed by atoms with E-state index in [-0.39, 0.29) is 11.9 Å². The molecule has 3 nitrogen and oxygen atoms in total. The molecule has 0 bridgehead atoms. The van der Waals surface area contributed by atoms with Crippen LogP contribution in [-0.4, -0.2) is 11.9 Å². The van der Waals surface area contributed by atoms with Gasteiger partial charge in [-0.2, -0.15) is 0 Å². The Balaban J connectivity index is 2.52. The minimum Gasteiger partial charge on any atom is -0.459 e. The highest BCUT2D eigenvalue weighted by molar-refractivity contribution is 5.91. The molecule has 1 unspecified atom stereocenters. The zero-order chi connectivity index (χ0) is 10.4. The number of carbonyl (C=O) groups is 1. The third-order valence-electron chi connectivity index (χ3n) is 1.83. The van der Waals surface area contributed by atoms with E-state index in [2.05, 4.69) is 11.2 Å². The van der Waals surface area contributed by atoms with Crippen molar-refractivity contribution >= 4 is 5.91 Å². The zero-order valence-corrected chi connectivity index (χ0v) is 8.12. The Morgan fingerprint density at radius 1 is 1.79 bits per heavy atom. The molecule has 74 valence electrons. The van der Waals surface area contributed by atoms with Crippen LogP contribution in [0.2, 0.25) is 0 Å². The fourth-order valence-corrected chi connectivity index (χ4v) is 1.12. The van der Waals surface area contributed by atoms with E-state index in [1.807, 2.05) is 6.92 Å². The van der Waals surface area contributed by atoms with Gasteiger partial charge in [-0.1, -0.05) is 19.3 Å². The first-order chi connectivity index (χ1) is 6.77. The molecule has 1 aromatic heterocycles. The maximum absolute atomic E-state index is 11.4. The summed E-state index contributed by atoms with van der Waals surface area (Å²) in [5.74, 6) is 2.56. The van der Waals surface area contributed by atoms with Gasteiger partial charge in [-0.3, -0.25) is 4.79 Å². The van der Waals surface area contributed by atoms with Gasteiger partial charge in [0.05, 0.1) is 12.3 Å². The maximum Gasteiger partial charge on any atom is 0.287 e. The summed E-state index contributed by atoms with van der Waals surface area (Å²) in [4.78, 5) is 11.4. The van der Waals surface area contributed by atoms with Gasteiger partial charge in [0.2, 0.25) is 0 Å². The number of furan rings is 1. The second-order valence-electron chi connectivity index (χ2n) is 2.96. The smallest absolute Gasteiger partial charge is 0.287 e. The molecule has 0 saturated carbocycles. The van der Waals surface area contributed by atoms with Crippen LogP contribution < -0.4 is 5.32 Å². The van der Waals surface area contributed by atoms with Crippen LogP contribution in [0, 0.1) is 12.3 Å². The van der Waals surface area contributed by atoms with Crippen molar-refractivity contribution in [3.05, 3.63) is 24.2 Å². The maximum atomic E-state index is 11.4. The number of carbonyl (C=O) groups excluding carboxylic acids is 1. The second kappa shape index (κ2) is 5.13. The first kappa shape index (κ1) is 10.4. The molecule has 0 saturated heterocycles. The Morgan fingerprint density at radius 2 is 2.57 bits per heavy atom. The molecule has 14 heavy (non-hydrogen) atoms. The Kier molecular flexibility index (Phi) is 3.81. The predicted octanol–water partition coefficient (Wildman–Crippen LogP) is 1.81. The third kappa shape index (κ3) is 2.67. The summed E-state index contributed by atoms with van der Waals surface area (Å²) in [6.07, 6.45) is 8.44. The number of amides is 1. The van der Waals surface area contributed by atoms with E-state index < -0.39 is 0 Å². The summed E-state index contributed by atoms with van der Waals surface area (Å²) in [7, 11) is 0. The lowest BCUT2D eigenvalue weighted by atomic mass is 10.2. The molecular weight excluding hydrogens is 178 g/mol. The normalized spacial score (nSPS) is 11.7. The highest BCUT2D eigenvalue weighted by atomic mass is 16.3. The lowest BCUT2D eigenvalue weighted by Crippen LogP contribution is -2.33. The van der Waals surface area contributed by atoms with Gasteiger partial charge in [0.1, 0.15) is 0 Å². The minimum absolute atomic E-state index is 0.211. The first-order valence-electron chi connectivity index (χ1n) is 4.58. The molecule has 1 heterocycles. The molecule has 1 amide bonds. The molecule has 0 radical (unpaired) electrons. The van der Waals surface area contributed by atoms with Crippen molar-refractivity contribution < 1.29 is 9.21 Å². The van der Waals surface area contributed by atoms with Crippen LogP contribution in [0.3, 0.4) is 0 Å². The fraction of sp³-hybridized carbons (Fsp3) is 0.364. The van der Waals surface area contributed by atoms with Gasteiger partial charge in [-0.15, -0.1) is 6.42 Å². The Hall–Kier alpha value is -1.69. The van der Waals surface area contributed by atoms with E-state index in [9.17, 15) is 4.79 Å². The molecule has 0 fully saturated rings. The SMILES string of the molecule is C#CC(CCC)NC(=O)c1ccco1. The monoisotopic (exact) mass is 191 g/mol. The van der Waals surface area contributed by atoms with E-state index in [0.29, 0.717) is 5.76 Å². The van der Waals surface area contributed by atoms with E-state index >= 15 is 0 Å². The van der Waals surface area contributed by atoms with Crippen LogP contribution >= 0.6 is 0 Å². The predicted molar refractivity (Wildman–Crippen MR) is 53.7 cm³/mol. The van der Waals surface area contributed by atoms with Gasteiger partial charge in [0.25, 0.3) is 5.91 Å². The lowest BCUT2D eigenvalue weighted by molar-refractivity contribution is 0.0916. The zero-order valence-electron chi connectivity index (χ0n) is 8.12. The van der Waals surface area contributed by atoms with Crippen molar-refractivity contribution in [1.29, 1.82) is 0 Å². The van der Waals surface area contributed by atoms with Gasteiger partial charge in [-0.25, -0.2) is 0 Å². The van der Waals surface area contributed by atoms with Gasteiger partial charge < -0.3 is 9.73 Å². The average molecular weight is 191 g/mol. The molecule has 0 aromatic carbocycles. The molecule has 0 aliphatic heterocycles. The van der Waals surface area contributed by atoms with Gasteiger partial charge in [-0.05, 0) is 18.6 Å². The van der Waals surface area contributed by atoms with Crippen molar-refractivity contribution in [2.24, 2.45) is 0 Å². The fourth-order valence-electron chi connectivity index (χ4n) is 1.12. The van der Waals surface area contributed by atoms with Crippen LogP contribution in [-0.2, 0) is 0 Å². The molecule has 0 aliphatic rings. The van der Waals surface area contributed by atoms with Crippen molar-refractivity contribution in [3.63, 3.8) is 0 Å². The highest BCUT2D eigenvalue weighted by Gasteiger charge is 2.12. The third-order valence-corrected chi connectivity index (χ3v) is 1.83. The molecule has 0 aliphatic carbocycles. The number of hydrogen-bond acceptors (Lipinski definition) is 2. The summed E-state index contributed by atoms with van der Waals surface area (Å²) in [5, 5.41) is 2.70. The van der Waals surface area contributed by atoms with E-state index in [1.54, 1.807) is 12.1 Å². The van der Waals surface area contributed by atoms with Crippen molar-refractivity contribution in [2.75, 3.05) is 0 Å². The van der Waals surface area contributed by atoms with Crippen LogP contribution in [0.25, 0.3) is 0 Å². The topological polar surface area (TPSA) is 42.2 Å². The highest BCUT2D eigenvalue weighted by Crippen LogP contribution is 2.02. The second-order valence-corrected chi connectivity index (χ2v) is 2.96. The number of terminal acetylenes is 1. The summed E-state index contributed by atoms with van der Waals surface area (Å²) in [6.45, 7) is 2.02. The summed E-state index contributed by atoms with van der Waals surface area (Å²) in [6, 6.07) is 3.06. The Labute approximate surface area is 83.5 Å².